The third-order valence-electron chi connectivity index (χ3n) is 2.38. The van der Waals surface area contributed by atoms with Gasteiger partial charge in [0.15, 0.2) is 0 Å². The Balaban J connectivity index is 2.30. The summed E-state index contributed by atoms with van der Waals surface area (Å²) in [7, 11) is 0. The number of carbonyl (C=O) groups is 1. The lowest BCUT2D eigenvalue weighted by Crippen LogP contribution is -2.13. The van der Waals surface area contributed by atoms with Crippen LogP contribution in [-0.4, -0.2) is 5.91 Å². The Morgan fingerprint density at radius 1 is 1.00 bits per heavy atom. The summed E-state index contributed by atoms with van der Waals surface area (Å²) in [5, 5.41) is 3.22. The van der Waals surface area contributed by atoms with E-state index in [0.717, 1.165) is 0 Å². The molecule has 0 spiro atoms. The van der Waals surface area contributed by atoms with Crippen molar-refractivity contribution in [2.24, 2.45) is 0 Å². The van der Waals surface area contributed by atoms with Crippen molar-refractivity contribution in [2.75, 3.05) is 5.32 Å². The third kappa shape index (κ3) is 3.18. The van der Waals surface area contributed by atoms with E-state index in [2.05, 4.69) is 5.32 Å². The van der Waals surface area contributed by atoms with Gasteiger partial charge in [-0.25, -0.2) is 4.39 Å². The fourth-order valence-corrected chi connectivity index (χ4v) is 2.05. The van der Waals surface area contributed by atoms with E-state index in [-0.39, 0.29) is 26.3 Å². The molecule has 19 heavy (non-hydrogen) atoms. The first kappa shape index (κ1) is 14.1. The van der Waals surface area contributed by atoms with Gasteiger partial charge in [-0.05, 0) is 24.3 Å². The Bertz CT molecular complexity index is 646. The molecule has 0 bridgehead atoms. The summed E-state index contributed by atoms with van der Waals surface area (Å²) in [5.41, 5.74) is 0.189. The van der Waals surface area contributed by atoms with Gasteiger partial charge < -0.3 is 5.32 Å². The summed E-state index contributed by atoms with van der Waals surface area (Å²) in [6, 6.07) is 8.45. The molecular weight excluding hydrogens is 312 g/mol. The standard InChI is InChI=1S/C13H7Cl3FNO/c14-8-5-10(16)12(6-9(8)15)18-13(19)7-3-1-2-4-11(7)17/h1-6H,(H,18,19). The van der Waals surface area contributed by atoms with Crippen molar-refractivity contribution in [1.82, 2.24) is 0 Å². The van der Waals surface area contributed by atoms with Crippen molar-refractivity contribution in [3.05, 3.63) is 62.8 Å². The topological polar surface area (TPSA) is 29.1 Å². The van der Waals surface area contributed by atoms with Crippen molar-refractivity contribution in [1.29, 1.82) is 0 Å². The van der Waals surface area contributed by atoms with E-state index >= 15 is 0 Å². The number of benzene rings is 2. The Kier molecular flexibility index (Phi) is 4.30. The maximum atomic E-state index is 13.4. The molecule has 2 rings (SSSR count). The van der Waals surface area contributed by atoms with Crippen molar-refractivity contribution < 1.29 is 9.18 Å². The van der Waals surface area contributed by atoms with Gasteiger partial charge in [0.05, 0.1) is 26.3 Å². The highest BCUT2D eigenvalue weighted by atomic mass is 35.5. The third-order valence-corrected chi connectivity index (χ3v) is 3.41. The molecule has 0 saturated heterocycles. The Morgan fingerprint density at radius 2 is 1.63 bits per heavy atom. The van der Waals surface area contributed by atoms with Crippen LogP contribution in [0, 0.1) is 5.82 Å². The molecule has 0 aliphatic rings. The monoisotopic (exact) mass is 317 g/mol. The van der Waals surface area contributed by atoms with E-state index in [1.54, 1.807) is 6.07 Å². The predicted octanol–water partition coefficient (Wildman–Crippen LogP) is 5.04. The predicted molar refractivity (Wildman–Crippen MR) is 75.8 cm³/mol. The minimum Gasteiger partial charge on any atom is -0.320 e. The zero-order valence-electron chi connectivity index (χ0n) is 9.38. The van der Waals surface area contributed by atoms with E-state index < -0.39 is 11.7 Å². The van der Waals surface area contributed by atoms with Gasteiger partial charge in [0, 0.05) is 0 Å². The van der Waals surface area contributed by atoms with E-state index in [1.807, 2.05) is 0 Å². The average molecular weight is 319 g/mol. The lowest BCUT2D eigenvalue weighted by atomic mass is 10.2. The number of hydrogen-bond donors (Lipinski definition) is 1. The molecule has 0 aromatic heterocycles. The van der Waals surface area contributed by atoms with Crippen LogP contribution in [0.2, 0.25) is 15.1 Å². The Hall–Kier alpha value is -1.29. The molecule has 2 aromatic carbocycles. The minimum absolute atomic E-state index is 0.0790. The van der Waals surface area contributed by atoms with Gasteiger partial charge in [-0.3, -0.25) is 4.79 Å². The van der Waals surface area contributed by atoms with Crippen LogP contribution in [0.5, 0.6) is 0 Å². The van der Waals surface area contributed by atoms with E-state index in [4.69, 9.17) is 34.8 Å². The van der Waals surface area contributed by atoms with Crippen LogP contribution >= 0.6 is 34.8 Å². The number of anilines is 1. The molecule has 0 unspecified atom stereocenters. The number of hydrogen-bond acceptors (Lipinski definition) is 1. The first-order valence-electron chi connectivity index (χ1n) is 5.19. The molecule has 1 amide bonds. The molecule has 0 radical (unpaired) electrons. The van der Waals surface area contributed by atoms with E-state index in [1.165, 1.54) is 30.3 Å². The maximum absolute atomic E-state index is 13.4. The normalized spacial score (nSPS) is 10.3. The lowest BCUT2D eigenvalue weighted by molar-refractivity contribution is 0.102. The highest BCUT2D eigenvalue weighted by molar-refractivity contribution is 6.44. The maximum Gasteiger partial charge on any atom is 0.258 e. The second-order valence-corrected chi connectivity index (χ2v) is 4.90. The SMILES string of the molecule is O=C(Nc1cc(Cl)c(Cl)cc1Cl)c1ccccc1F. The fraction of sp³-hybridized carbons (Fsp3) is 0. The molecule has 0 heterocycles. The second-order valence-electron chi connectivity index (χ2n) is 3.68. The van der Waals surface area contributed by atoms with Crippen LogP contribution in [0.4, 0.5) is 10.1 Å². The molecule has 0 aliphatic carbocycles. The molecule has 98 valence electrons. The Labute approximate surface area is 124 Å². The zero-order valence-corrected chi connectivity index (χ0v) is 11.7. The van der Waals surface area contributed by atoms with E-state index in [0.29, 0.717) is 0 Å². The van der Waals surface area contributed by atoms with Gasteiger partial charge in [-0.1, -0.05) is 46.9 Å². The molecule has 6 heteroatoms. The number of rotatable bonds is 2. The summed E-state index contributed by atoms with van der Waals surface area (Å²) in [4.78, 5) is 11.9. The van der Waals surface area contributed by atoms with Crippen molar-refractivity contribution >= 4 is 46.4 Å². The quantitative estimate of drug-likeness (QED) is 0.772. The smallest absolute Gasteiger partial charge is 0.258 e. The van der Waals surface area contributed by atoms with Crippen LogP contribution in [0.25, 0.3) is 0 Å². The summed E-state index contributed by atoms with van der Waals surface area (Å²) in [6.07, 6.45) is 0. The largest absolute Gasteiger partial charge is 0.320 e. The number of nitrogens with one attached hydrogen (secondary N) is 1. The molecule has 2 nitrogen and oxygen atoms in total. The zero-order chi connectivity index (χ0) is 14.0. The highest BCUT2D eigenvalue weighted by Gasteiger charge is 2.13. The van der Waals surface area contributed by atoms with Crippen molar-refractivity contribution in [2.45, 2.75) is 0 Å². The average Bonchev–Trinajstić information content (AvgIpc) is 2.36. The first-order valence-corrected chi connectivity index (χ1v) is 6.33. The minimum atomic E-state index is -0.615. The summed E-state index contributed by atoms with van der Waals surface area (Å²) >= 11 is 17.5. The molecule has 2 aromatic rings. The number of halogens is 4. The second kappa shape index (κ2) is 5.78. The number of amides is 1. The van der Waals surface area contributed by atoms with Gasteiger partial charge >= 0.3 is 0 Å². The van der Waals surface area contributed by atoms with Gasteiger partial charge in [0.1, 0.15) is 5.82 Å². The van der Waals surface area contributed by atoms with Crippen LogP contribution < -0.4 is 5.32 Å². The number of carbonyl (C=O) groups excluding carboxylic acids is 1. The summed E-state index contributed by atoms with van der Waals surface area (Å²) in [6.45, 7) is 0. The van der Waals surface area contributed by atoms with Gasteiger partial charge in [-0.2, -0.15) is 0 Å². The first-order chi connectivity index (χ1) is 8.99. The van der Waals surface area contributed by atoms with Crippen molar-refractivity contribution in [3.63, 3.8) is 0 Å². The van der Waals surface area contributed by atoms with Crippen LogP contribution in [-0.2, 0) is 0 Å². The van der Waals surface area contributed by atoms with Crippen molar-refractivity contribution in [3.8, 4) is 0 Å². The van der Waals surface area contributed by atoms with Gasteiger partial charge in [0.25, 0.3) is 5.91 Å². The fourth-order valence-electron chi connectivity index (χ4n) is 1.45. The molecular formula is C13H7Cl3FNO. The van der Waals surface area contributed by atoms with Gasteiger partial charge in [-0.15, -0.1) is 0 Å². The lowest BCUT2D eigenvalue weighted by Gasteiger charge is -2.09. The highest BCUT2D eigenvalue weighted by Crippen LogP contribution is 2.32. The molecule has 1 N–H and O–H groups in total. The molecule has 0 aliphatic heterocycles. The van der Waals surface area contributed by atoms with Crippen LogP contribution in [0.1, 0.15) is 10.4 Å². The summed E-state index contributed by atoms with van der Waals surface area (Å²) < 4.78 is 13.4. The van der Waals surface area contributed by atoms with Crippen LogP contribution in [0.3, 0.4) is 0 Å². The molecule has 0 atom stereocenters. The molecule has 0 saturated carbocycles. The van der Waals surface area contributed by atoms with Crippen LogP contribution in [0.15, 0.2) is 36.4 Å². The Morgan fingerprint density at radius 3 is 2.32 bits per heavy atom. The molecule has 0 fully saturated rings. The van der Waals surface area contributed by atoms with Gasteiger partial charge in [0.2, 0.25) is 0 Å². The van der Waals surface area contributed by atoms with E-state index in [9.17, 15) is 9.18 Å². The summed E-state index contributed by atoms with van der Waals surface area (Å²) in [5.74, 6) is -1.23.